The summed E-state index contributed by atoms with van der Waals surface area (Å²) in [6, 6.07) is 1.74. The predicted octanol–water partition coefficient (Wildman–Crippen LogP) is 0.477. The Morgan fingerprint density at radius 1 is 1.42 bits per heavy atom. The van der Waals surface area contributed by atoms with Crippen LogP contribution in [0.25, 0.3) is 0 Å². The van der Waals surface area contributed by atoms with Crippen molar-refractivity contribution < 1.29 is 9.59 Å². The van der Waals surface area contributed by atoms with Crippen LogP contribution in [-0.4, -0.2) is 33.9 Å². The Balaban J connectivity index is 2.24. The van der Waals surface area contributed by atoms with Crippen LogP contribution in [0.1, 0.15) is 36.2 Å². The van der Waals surface area contributed by atoms with Crippen LogP contribution in [0.5, 0.6) is 0 Å². The molecule has 1 saturated carbocycles. The van der Waals surface area contributed by atoms with Crippen LogP contribution >= 0.6 is 0 Å². The van der Waals surface area contributed by atoms with E-state index in [-0.39, 0.29) is 18.5 Å². The minimum atomic E-state index is -0.484. The van der Waals surface area contributed by atoms with E-state index >= 15 is 0 Å². The first-order valence-corrected chi connectivity index (χ1v) is 6.50. The van der Waals surface area contributed by atoms with E-state index in [9.17, 15) is 9.59 Å². The number of rotatable bonds is 4. The maximum Gasteiger partial charge on any atom is 0.271 e. The lowest BCUT2D eigenvalue weighted by Gasteiger charge is -2.27. The average molecular weight is 264 g/mol. The van der Waals surface area contributed by atoms with Crippen molar-refractivity contribution in [1.29, 1.82) is 0 Å². The highest BCUT2D eigenvalue weighted by molar-refractivity contribution is 5.96. The smallest absolute Gasteiger partial charge is 0.271 e. The van der Waals surface area contributed by atoms with Gasteiger partial charge in [-0.2, -0.15) is 0 Å². The van der Waals surface area contributed by atoms with Gasteiger partial charge in [-0.15, -0.1) is 0 Å². The number of carbonyl (C=O) groups is 2. The fourth-order valence-electron chi connectivity index (χ4n) is 2.70. The van der Waals surface area contributed by atoms with E-state index in [1.54, 1.807) is 28.8 Å². The number of hydrogen-bond acceptors (Lipinski definition) is 3. The summed E-state index contributed by atoms with van der Waals surface area (Å²) in [5.41, 5.74) is 12.0. The van der Waals surface area contributed by atoms with Gasteiger partial charge in [0.25, 0.3) is 5.91 Å². The van der Waals surface area contributed by atoms with Crippen LogP contribution in [0.15, 0.2) is 12.3 Å². The van der Waals surface area contributed by atoms with E-state index < -0.39 is 5.91 Å². The van der Waals surface area contributed by atoms with Crippen molar-refractivity contribution in [3.05, 3.63) is 18.0 Å². The molecule has 4 N–H and O–H groups in total. The Hall–Kier alpha value is -1.98. The molecule has 0 aromatic carbocycles. The molecule has 6 heteroatoms. The van der Waals surface area contributed by atoms with Crippen molar-refractivity contribution in [2.45, 2.75) is 31.7 Å². The van der Waals surface area contributed by atoms with Crippen LogP contribution in [0, 0.1) is 0 Å². The zero-order valence-corrected chi connectivity index (χ0v) is 11.1. The number of hydrogen-bond donors (Lipinski definition) is 2. The molecular weight excluding hydrogens is 244 g/mol. The molecule has 0 radical (unpaired) electrons. The van der Waals surface area contributed by atoms with Crippen LogP contribution in [-0.2, 0) is 11.8 Å². The van der Waals surface area contributed by atoms with E-state index in [1.807, 2.05) is 0 Å². The van der Waals surface area contributed by atoms with Crippen LogP contribution in [0.2, 0.25) is 0 Å². The molecule has 0 aliphatic heterocycles. The summed E-state index contributed by atoms with van der Waals surface area (Å²) in [4.78, 5) is 25.3. The Bertz CT molecular complexity index is 489. The highest BCUT2D eigenvalue weighted by Gasteiger charge is 2.29. The Labute approximate surface area is 112 Å². The Kier molecular flexibility index (Phi) is 3.78. The summed E-state index contributed by atoms with van der Waals surface area (Å²) < 4.78 is 1.68. The fourth-order valence-corrected chi connectivity index (χ4v) is 2.70. The first kappa shape index (κ1) is 13.5. The summed E-state index contributed by atoms with van der Waals surface area (Å²) in [6.45, 7) is -0.0332. The molecule has 104 valence electrons. The molecule has 0 bridgehead atoms. The van der Waals surface area contributed by atoms with Crippen molar-refractivity contribution in [2.75, 3.05) is 12.3 Å². The van der Waals surface area contributed by atoms with Crippen molar-refractivity contribution in [2.24, 2.45) is 12.8 Å². The highest BCUT2D eigenvalue weighted by atomic mass is 16.2. The number of nitrogen functional groups attached to an aromatic ring is 1. The minimum absolute atomic E-state index is 0.0332. The number of nitrogens with two attached hydrogens (primary N) is 2. The van der Waals surface area contributed by atoms with Gasteiger partial charge in [0.05, 0.1) is 12.2 Å². The third-order valence-corrected chi connectivity index (χ3v) is 3.60. The van der Waals surface area contributed by atoms with Gasteiger partial charge >= 0.3 is 0 Å². The van der Waals surface area contributed by atoms with E-state index in [0.29, 0.717) is 11.4 Å². The number of amides is 2. The first-order valence-electron chi connectivity index (χ1n) is 6.50. The fraction of sp³-hybridized carbons (Fsp3) is 0.538. The number of aromatic nitrogens is 1. The predicted molar refractivity (Wildman–Crippen MR) is 72.3 cm³/mol. The van der Waals surface area contributed by atoms with E-state index in [1.165, 1.54) is 0 Å². The summed E-state index contributed by atoms with van der Waals surface area (Å²) in [6.07, 6.45) is 5.72. The summed E-state index contributed by atoms with van der Waals surface area (Å²) in [5.74, 6) is -0.660. The molecule has 0 unspecified atom stereocenters. The third-order valence-electron chi connectivity index (χ3n) is 3.60. The molecular formula is C13H20N4O2. The molecule has 2 amide bonds. The minimum Gasteiger partial charge on any atom is -0.397 e. The highest BCUT2D eigenvalue weighted by Crippen LogP contribution is 2.25. The van der Waals surface area contributed by atoms with Gasteiger partial charge in [-0.25, -0.2) is 0 Å². The molecule has 0 atom stereocenters. The lowest BCUT2D eigenvalue weighted by atomic mass is 10.2. The van der Waals surface area contributed by atoms with Crippen molar-refractivity contribution in [3.63, 3.8) is 0 Å². The van der Waals surface area contributed by atoms with E-state index in [0.717, 1.165) is 25.7 Å². The van der Waals surface area contributed by atoms with Gasteiger partial charge in [-0.3, -0.25) is 9.59 Å². The van der Waals surface area contributed by atoms with Crippen LogP contribution in [0.4, 0.5) is 5.69 Å². The normalized spacial score (nSPS) is 15.6. The van der Waals surface area contributed by atoms with Gasteiger partial charge in [0.1, 0.15) is 5.69 Å². The molecule has 1 aliphatic carbocycles. The van der Waals surface area contributed by atoms with Gasteiger partial charge in [-0.05, 0) is 18.9 Å². The van der Waals surface area contributed by atoms with Gasteiger partial charge in [0.15, 0.2) is 0 Å². The first-order chi connectivity index (χ1) is 8.99. The quantitative estimate of drug-likeness (QED) is 0.828. The molecule has 2 rings (SSSR count). The zero-order valence-electron chi connectivity index (χ0n) is 11.1. The lowest BCUT2D eigenvalue weighted by Crippen LogP contribution is -2.44. The number of nitrogens with zero attached hydrogens (tertiary/aromatic N) is 2. The molecule has 1 aromatic heterocycles. The maximum atomic E-state index is 12.5. The number of aryl methyl sites for hydroxylation is 1. The van der Waals surface area contributed by atoms with Gasteiger partial charge in [0.2, 0.25) is 5.91 Å². The molecule has 19 heavy (non-hydrogen) atoms. The summed E-state index contributed by atoms with van der Waals surface area (Å²) in [7, 11) is 1.76. The third kappa shape index (κ3) is 2.89. The molecule has 6 nitrogen and oxygen atoms in total. The molecule has 1 aromatic rings. The van der Waals surface area contributed by atoms with Crippen molar-refractivity contribution in [1.82, 2.24) is 9.47 Å². The summed E-state index contributed by atoms with van der Waals surface area (Å²) >= 11 is 0. The summed E-state index contributed by atoms with van der Waals surface area (Å²) in [5, 5.41) is 0. The zero-order chi connectivity index (χ0) is 14.0. The van der Waals surface area contributed by atoms with Crippen molar-refractivity contribution >= 4 is 17.5 Å². The molecule has 0 spiro atoms. The average Bonchev–Trinajstić information content (AvgIpc) is 2.94. The van der Waals surface area contributed by atoms with Crippen LogP contribution < -0.4 is 11.5 Å². The number of primary amides is 1. The Morgan fingerprint density at radius 2 is 2.05 bits per heavy atom. The number of carbonyl (C=O) groups excluding carboxylic acids is 2. The molecule has 0 saturated heterocycles. The van der Waals surface area contributed by atoms with Gasteiger partial charge in [0, 0.05) is 19.3 Å². The second-order valence-electron chi connectivity index (χ2n) is 5.11. The molecule has 1 aliphatic rings. The van der Waals surface area contributed by atoms with E-state index in [2.05, 4.69) is 0 Å². The maximum absolute atomic E-state index is 12.5. The monoisotopic (exact) mass is 264 g/mol. The number of anilines is 1. The topological polar surface area (TPSA) is 94.3 Å². The Morgan fingerprint density at radius 3 is 2.53 bits per heavy atom. The SMILES string of the molecule is Cn1cc(N)cc1C(=O)N(CC(N)=O)C1CCCC1. The second kappa shape index (κ2) is 5.34. The second-order valence-corrected chi connectivity index (χ2v) is 5.11. The van der Waals surface area contributed by atoms with E-state index in [4.69, 9.17) is 11.5 Å². The van der Waals surface area contributed by atoms with Crippen LogP contribution in [0.3, 0.4) is 0 Å². The standard InChI is InChI=1S/C13H20N4O2/c1-16-7-9(14)6-11(16)13(19)17(8-12(15)18)10-4-2-3-5-10/h6-7,10H,2-5,8,14H2,1H3,(H2,15,18). The largest absolute Gasteiger partial charge is 0.397 e. The molecule has 1 heterocycles. The lowest BCUT2D eigenvalue weighted by molar-refractivity contribution is -0.119. The van der Waals surface area contributed by atoms with Gasteiger partial charge in [-0.1, -0.05) is 12.8 Å². The van der Waals surface area contributed by atoms with Gasteiger partial charge < -0.3 is 20.9 Å². The van der Waals surface area contributed by atoms with Crippen molar-refractivity contribution in [3.8, 4) is 0 Å². The molecule has 1 fully saturated rings.